The topological polar surface area (TPSA) is 18.5 Å². The molecule has 0 saturated heterocycles. The number of alkyl halides is 4. The maximum absolute atomic E-state index is 12.3. The smallest absolute Gasteiger partial charge is 0.387 e. The molecule has 0 aliphatic heterocycles. The van der Waals surface area contributed by atoms with Crippen LogP contribution in [0.4, 0.5) is 17.6 Å². The van der Waals surface area contributed by atoms with Crippen molar-refractivity contribution in [2.45, 2.75) is 188 Å². The van der Waals surface area contributed by atoms with E-state index in [2.05, 4.69) is 35.5 Å². The van der Waals surface area contributed by atoms with E-state index in [1.165, 1.54) is 159 Å². The zero-order chi connectivity index (χ0) is 40.2. The SMILES string of the molecule is CCCCCCC1CCC(C2CC=C(c3ccc(OC(F)F)cc3)CC2)CC1.CCCCCCCC1CCC(C2CC=C(c3ccc(OC(F)F)cc3)CC2)CC1. The van der Waals surface area contributed by atoms with Crippen LogP contribution in [0.3, 0.4) is 0 Å². The van der Waals surface area contributed by atoms with Gasteiger partial charge in [0, 0.05) is 0 Å². The number of halogens is 4. The van der Waals surface area contributed by atoms with Crippen molar-refractivity contribution in [2.24, 2.45) is 35.5 Å². The van der Waals surface area contributed by atoms with Crippen LogP contribution in [0.2, 0.25) is 0 Å². The van der Waals surface area contributed by atoms with Gasteiger partial charge in [-0.1, -0.05) is 147 Å². The monoisotopic (exact) mass is 795 g/mol. The molecule has 6 heteroatoms. The fraction of sp³-hybridized carbons (Fsp3) is 0.686. The van der Waals surface area contributed by atoms with E-state index in [4.69, 9.17) is 0 Å². The van der Waals surface area contributed by atoms with Gasteiger partial charge in [0.2, 0.25) is 0 Å². The number of unbranched alkanes of at least 4 members (excludes halogenated alkanes) is 7. The Hall–Kier alpha value is -2.76. The second-order valence-corrected chi connectivity index (χ2v) is 17.9. The van der Waals surface area contributed by atoms with Crippen molar-refractivity contribution in [1.82, 2.24) is 0 Å². The molecule has 6 rings (SSSR count). The second-order valence-electron chi connectivity index (χ2n) is 17.9. The molecule has 318 valence electrons. The quantitative estimate of drug-likeness (QED) is 0.104. The highest BCUT2D eigenvalue weighted by Crippen LogP contribution is 2.44. The molecule has 0 amide bonds. The standard InChI is InChI=1S/C26H38F2O.C25H36F2O/c1-2-3-4-5-6-7-20-8-10-21(11-9-20)22-12-14-23(15-13-22)24-16-18-25(19-17-24)29-26(27)28;1-2-3-4-5-6-19-7-9-20(10-8-19)21-11-13-22(14-12-21)23-15-17-24(18-16-23)28-25(26)27/h14,16-22,26H,2-13,15H2,1H3;13,15-21,25H,2-12,14H2,1H3. The van der Waals surface area contributed by atoms with Gasteiger partial charge in [0.1, 0.15) is 11.5 Å². The summed E-state index contributed by atoms with van der Waals surface area (Å²) >= 11 is 0. The lowest BCUT2D eigenvalue weighted by atomic mass is 9.70. The van der Waals surface area contributed by atoms with Gasteiger partial charge >= 0.3 is 13.2 Å². The molecule has 0 radical (unpaired) electrons. The van der Waals surface area contributed by atoms with Crippen LogP contribution >= 0.6 is 0 Å². The van der Waals surface area contributed by atoms with Crippen molar-refractivity contribution in [3.63, 3.8) is 0 Å². The first-order valence-corrected chi connectivity index (χ1v) is 23.3. The number of hydrogen-bond acceptors (Lipinski definition) is 2. The van der Waals surface area contributed by atoms with Crippen molar-refractivity contribution < 1.29 is 27.0 Å². The number of hydrogen-bond donors (Lipinski definition) is 0. The van der Waals surface area contributed by atoms with Crippen molar-refractivity contribution in [3.8, 4) is 11.5 Å². The molecule has 4 aliphatic carbocycles. The van der Waals surface area contributed by atoms with Gasteiger partial charge in [0.05, 0.1) is 0 Å². The first-order valence-electron chi connectivity index (χ1n) is 23.3. The summed E-state index contributed by atoms with van der Waals surface area (Å²) in [6.07, 6.45) is 38.9. The molecule has 4 aliphatic rings. The molecule has 0 spiro atoms. The average molecular weight is 795 g/mol. The van der Waals surface area contributed by atoms with Crippen molar-refractivity contribution >= 4 is 11.1 Å². The lowest BCUT2D eigenvalue weighted by molar-refractivity contribution is -0.0505. The van der Waals surface area contributed by atoms with Gasteiger partial charge in [-0.2, -0.15) is 17.6 Å². The van der Waals surface area contributed by atoms with Crippen LogP contribution in [0.1, 0.15) is 185 Å². The van der Waals surface area contributed by atoms with E-state index in [-0.39, 0.29) is 11.5 Å². The number of benzene rings is 2. The third-order valence-electron chi connectivity index (χ3n) is 14.1. The number of rotatable bonds is 19. The molecule has 2 unspecified atom stereocenters. The van der Waals surface area contributed by atoms with Crippen LogP contribution in [-0.4, -0.2) is 13.2 Å². The zero-order valence-corrected chi connectivity index (χ0v) is 35.4. The van der Waals surface area contributed by atoms with E-state index < -0.39 is 13.2 Å². The van der Waals surface area contributed by atoms with E-state index in [1.807, 2.05) is 24.3 Å². The third-order valence-corrected chi connectivity index (χ3v) is 14.1. The molecule has 0 bridgehead atoms. The van der Waals surface area contributed by atoms with Crippen LogP contribution in [0.25, 0.3) is 11.1 Å². The molecule has 0 aromatic heterocycles. The largest absolute Gasteiger partial charge is 0.435 e. The highest BCUT2D eigenvalue weighted by Gasteiger charge is 2.30. The molecular weight excluding hydrogens is 721 g/mol. The Kier molecular flexibility index (Phi) is 19.9. The van der Waals surface area contributed by atoms with Gasteiger partial charge in [-0.25, -0.2) is 0 Å². The fourth-order valence-corrected chi connectivity index (χ4v) is 10.6. The summed E-state index contributed by atoms with van der Waals surface area (Å²) in [4.78, 5) is 0. The van der Waals surface area contributed by atoms with Gasteiger partial charge in [-0.3, -0.25) is 0 Å². The molecule has 57 heavy (non-hydrogen) atoms. The lowest BCUT2D eigenvalue weighted by Gasteiger charge is -2.35. The highest BCUT2D eigenvalue weighted by atomic mass is 19.3. The van der Waals surface area contributed by atoms with Gasteiger partial charge in [0.15, 0.2) is 0 Å². The summed E-state index contributed by atoms with van der Waals surface area (Å²) in [6, 6.07) is 14.2. The minimum atomic E-state index is -2.76. The van der Waals surface area contributed by atoms with Crippen molar-refractivity contribution in [2.75, 3.05) is 0 Å². The number of allylic oxidation sites excluding steroid dienone is 4. The molecule has 2 nitrogen and oxygen atoms in total. The van der Waals surface area contributed by atoms with Crippen molar-refractivity contribution in [3.05, 3.63) is 71.8 Å². The molecule has 2 aromatic carbocycles. The second kappa shape index (κ2) is 25.0. The minimum Gasteiger partial charge on any atom is -0.435 e. The Bertz CT molecular complexity index is 1430. The summed E-state index contributed by atoms with van der Waals surface area (Å²) in [7, 11) is 0. The molecular formula is C51H74F4O2. The van der Waals surface area contributed by atoms with Crippen LogP contribution in [-0.2, 0) is 0 Å². The van der Waals surface area contributed by atoms with E-state index in [1.54, 1.807) is 24.3 Å². The molecule has 2 aromatic rings. The van der Waals surface area contributed by atoms with E-state index in [0.29, 0.717) is 0 Å². The molecule has 2 saturated carbocycles. The van der Waals surface area contributed by atoms with Crippen LogP contribution < -0.4 is 9.47 Å². The molecule has 2 fully saturated rings. The first-order chi connectivity index (χ1) is 27.8. The lowest BCUT2D eigenvalue weighted by Crippen LogP contribution is -2.23. The van der Waals surface area contributed by atoms with Gasteiger partial charge in [-0.15, -0.1) is 0 Å². The highest BCUT2D eigenvalue weighted by molar-refractivity contribution is 5.67. The predicted molar refractivity (Wildman–Crippen MR) is 230 cm³/mol. The Balaban J connectivity index is 0.000000218. The zero-order valence-electron chi connectivity index (χ0n) is 35.4. The van der Waals surface area contributed by atoms with Gasteiger partial charge in [0.25, 0.3) is 0 Å². The Morgan fingerprint density at radius 2 is 0.825 bits per heavy atom. The Labute approximate surface area is 343 Å². The minimum absolute atomic E-state index is 0.236. The van der Waals surface area contributed by atoms with E-state index >= 15 is 0 Å². The summed E-state index contributed by atoms with van der Waals surface area (Å²) in [5.74, 6) is 5.93. The first kappa shape index (κ1) is 45.3. The molecule has 2 atom stereocenters. The van der Waals surface area contributed by atoms with Crippen molar-refractivity contribution in [1.29, 1.82) is 0 Å². The third kappa shape index (κ3) is 15.7. The van der Waals surface area contributed by atoms with E-state index in [0.717, 1.165) is 59.5 Å². The Morgan fingerprint density at radius 1 is 0.456 bits per heavy atom. The van der Waals surface area contributed by atoms with E-state index in [9.17, 15) is 17.6 Å². The summed E-state index contributed by atoms with van der Waals surface area (Å²) < 4.78 is 58.0. The van der Waals surface area contributed by atoms with Gasteiger partial charge in [-0.05, 0) is 146 Å². The average Bonchev–Trinajstić information content (AvgIpc) is 3.23. The van der Waals surface area contributed by atoms with Gasteiger partial charge < -0.3 is 9.47 Å². The summed E-state index contributed by atoms with van der Waals surface area (Å²) in [5, 5.41) is 0. The van der Waals surface area contributed by atoms with Crippen LogP contribution in [0.15, 0.2) is 60.7 Å². The van der Waals surface area contributed by atoms with Crippen LogP contribution in [0, 0.1) is 35.5 Å². The maximum atomic E-state index is 12.3. The molecule has 0 heterocycles. The fourth-order valence-electron chi connectivity index (χ4n) is 10.6. The number of ether oxygens (including phenoxy) is 2. The Morgan fingerprint density at radius 3 is 1.16 bits per heavy atom. The summed E-state index contributed by atoms with van der Waals surface area (Å²) in [6.45, 7) is -0.947. The predicted octanol–water partition coefficient (Wildman–Crippen LogP) is 16.9. The maximum Gasteiger partial charge on any atom is 0.387 e. The summed E-state index contributed by atoms with van der Waals surface area (Å²) in [5.41, 5.74) is 5.03. The molecule has 0 N–H and O–H groups in total. The van der Waals surface area contributed by atoms with Crippen LogP contribution in [0.5, 0.6) is 11.5 Å². The normalized spacial score (nSPS) is 25.3.